The Morgan fingerprint density at radius 1 is 1.25 bits per heavy atom. The van der Waals surface area contributed by atoms with Crippen LogP contribution in [0.25, 0.3) is 0 Å². The van der Waals surface area contributed by atoms with E-state index in [-0.39, 0.29) is 35.0 Å². The fourth-order valence-electron chi connectivity index (χ4n) is 2.94. The highest BCUT2D eigenvalue weighted by Crippen LogP contribution is 2.46. The highest BCUT2D eigenvalue weighted by molar-refractivity contribution is 5.98. The average molecular weight is 328 g/mol. The molecule has 2 aromatic carbocycles. The summed E-state index contributed by atoms with van der Waals surface area (Å²) < 4.78 is 10.2. The van der Waals surface area contributed by atoms with Crippen LogP contribution in [0, 0.1) is 0 Å². The largest absolute Gasteiger partial charge is 0.507 e. The predicted molar refractivity (Wildman–Crippen MR) is 84.9 cm³/mol. The molecule has 1 aliphatic heterocycles. The molecule has 6 heteroatoms. The minimum Gasteiger partial charge on any atom is -0.507 e. The summed E-state index contributed by atoms with van der Waals surface area (Å²) in [5, 5.41) is 20.5. The number of carbonyl (C=O) groups is 2. The number of phenolic OH excluding ortho intramolecular Hbond substituents is 2. The number of fused-ring (bicyclic) bond motifs is 1. The maximum Gasteiger partial charge on any atom is 0.312 e. The zero-order valence-corrected chi connectivity index (χ0v) is 13.2. The van der Waals surface area contributed by atoms with Gasteiger partial charge in [0.1, 0.15) is 11.5 Å². The Morgan fingerprint density at radius 3 is 2.62 bits per heavy atom. The van der Waals surface area contributed by atoms with Crippen molar-refractivity contribution in [1.29, 1.82) is 0 Å². The zero-order chi connectivity index (χ0) is 17.4. The van der Waals surface area contributed by atoms with Crippen LogP contribution < -0.4 is 9.47 Å². The van der Waals surface area contributed by atoms with E-state index in [0.29, 0.717) is 16.9 Å². The Morgan fingerprint density at radius 2 is 2.00 bits per heavy atom. The van der Waals surface area contributed by atoms with Crippen LogP contribution in [-0.4, -0.2) is 29.1 Å². The minimum absolute atomic E-state index is 0.00626. The summed E-state index contributed by atoms with van der Waals surface area (Å²) in [4.78, 5) is 23.6. The number of esters is 1. The lowest BCUT2D eigenvalue weighted by Gasteiger charge is -2.26. The number of phenols is 2. The second kappa shape index (κ2) is 5.88. The first-order valence-corrected chi connectivity index (χ1v) is 7.36. The third kappa shape index (κ3) is 2.56. The Bertz CT molecular complexity index is 840. The zero-order valence-electron chi connectivity index (χ0n) is 13.2. The van der Waals surface area contributed by atoms with Crippen molar-refractivity contribution in [1.82, 2.24) is 0 Å². The van der Waals surface area contributed by atoms with Crippen LogP contribution in [0.3, 0.4) is 0 Å². The molecular weight excluding hydrogens is 312 g/mol. The molecule has 0 spiro atoms. The van der Waals surface area contributed by atoms with E-state index in [0.717, 1.165) is 0 Å². The lowest BCUT2D eigenvalue weighted by atomic mass is 9.84. The van der Waals surface area contributed by atoms with Gasteiger partial charge in [0.2, 0.25) is 0 Å². The summed E-state index contributed by atoms with van der Waals surface area (Å²) in [6.45, 7) is 1.35. The van der Waals surface area contributed by atoms with Crippen LogP contribution in [0.1, 0.15) is 40.7 Å². The fraction of sp³-hybridized carbons (Fsp3) is 0.222. The summed E-state index contributed by atoms with van der Waals surface area (Å²) in [6.07, 6.45) is -0.00626. The van der Waals surface area contributed by atoms with Gasteiger partial charge >= 0.3 is 5.97 Å². The summed E-state index contributed by atoms with van der Waals surface area (Å²) in [5.41, 5.74) is 1.14. The first-order valence-electron chi connectivity index (χ1n) is 7.36. The number of carbonyl (C=O) groups excluding carboxylic acids is 2. The van der Waals surface area contributed by atoms with Crippen LogP contribution in [-0.2, 0) is 4.79 Å². The second-order valence-electron chi connectivity index (χ2n) is 5.59. The molecule has 1 atom stereocenters. The molecule has 0 aliphatic carbocycles. The van der Waals surface area contributed by atoms with Gasteiger partial charge in [-0.1, -0.05) is 6.07 Å². The van der Waals surface area contributed by atoms with Crippen molar-refractivity contribution in [3.8, 4) is 23.0 Å². The van der Waals surface area contributed by atoms with Crippen molar-refractivity contribution in [2.24, 2.45) is 0 Å². The number of hydrogen-bond donors (Lipinski definition) is 2. The third-order valence-electron chi connectivity index (χ3n) is 4.10. The summed E-state index contributed by atoms with van der Waals surface area (Å²) in [5.74, 6) is -1.02. The Kier molecular flexibility index (Phi) is 3.89. The van der Waals surface area contributed by atoms with Gasteiger partial charge in [0.25, 0.3) is 0 Å². The number of hydrogen-bond acceptors (Lipinski definition) is 6. The first kappa shape index (κ1) is 15.9. The molecule has 0 bridgehead atoms. The summed E-state index contributed by atoms with van der Waals surface area (Å²) in [6, 6.07) is 7.68. The quantitative estimate of drug-likeness (QED) is 0.511. The number of rotatable bonds is 3. The molecule has 0 fully saturated rings. The maximum atomic E-state index is 11.9. The smallest absolute Gasteiger partial charge is 0.312 e. The fourth-order valence-corrected chi connectivity index (χ4v) is 2.94. The lowest BCUT2D eigenvalue weighted by molar-refractivity contribution is -0.135. The average Bonchev–Trinajstić information content (AvgIpc) is 2.53. The SMILES string of the molecule is COc1ccc(C2CC(=O)Oc3ccc(C(C)=O)c(O)c32)cc1O. The van der Waals surface area contributed by atoms with E-state index in [1.54, 1.807) is 12.1 Å². The molecule has 0 aromatic heterocycles. The third-order valence-corrected chi connectivity index (χ3v) is 4.10. The van der Waals surface area contributed by atoms with Gasteiger partial charge in [0, 0.05) is 11.5 Å². The molecule has 24 heavy (non-hydrogen) atoms. The van der Waals surface area contributed by atoms with Gasteiger partial charge < -0.3 is 19.7 Å². The molecule has 2 N–H and O–H groups in total. The van der Waals surface area contributed by atoms with Crippen LogP contribution in [0.4, 0.5) is 0 Å². The lowest BCUT2D eigenvalue weighted by Crippen LogP contribution is -2.21. The number of methoxy groups -OCH3 is 1. The topological polar surface area (TPSA) is 93.1 Å². The molecule has 0 amide bonds. The molecule has 3 rings (SSSR count). The van der Waals surface area contributed by atoms with E-state index >= 15 is 0 Å². The standard InChI is InChI=1S/C18H16O6/c1-9(19)11-4-6-15-17(18(11)22)12(8-16(21)24-15)10-3-5-14(23-2)13(20)7-10/h3-7,12,20,22H,8H2,1-2H3. The summed E-state index contributed by atoms with van der Waals surface area (Å²) >= 11 is 0. The second-order valence-corrected chi connectivity index (χ2v) is 5.59. The molecule has 0 saturated carbocycles. The minimum atomic E-state index is -0.530. The van der Waals surface area contributed by atoms with E-state index < -0.39 is 11.9 Å². The Labute approximate surface area is 138 Å². The molecule has 0 saturated heterocycles. The van der Waals surface area contributed by atoms with Gasteiger partial charge in [0.15, 0.2) is 17.3 Å². The number of ketones is 1. The molecule has 2 aromatic rings. The molecule has 1 heterocycles. The number of aromatic hydroxyl groups is 2. The first-order chi connectivity index (χ1) is 11.4. The van der Waals surface area contributed by atoms with Crippen LogP contribution in [0.15, 0.2) is 30.3 Å². The molecule has 1 unspecified atom stereocenters. The number of benzene rings is 2. The van der Waals surface area contributed by atoms with Crippen LogP contribution in [0.2, 0.25) is 0 Å². The van der Waals surface area contributed by atoms with Gasteiger partial charge in [-0.3, -0.25) is 9.59 Å². The van der Waals surface area contributed by atoms with Gasteiger partial charge in [-0.15, -0.1) is 0 Å². The highest BCUT2D eigenvalue weighted by Gasteiger charge is 2.33. The molecular formula is C18H16O6. The van der Waals surface area contributed by atoms with Crippen molar-refractivity contribution in [2.75, 3.05) is 7.11 Å². The molecule has 1 aliphatic rings. The monoisotopic (exact) mass is 328 g/mol. The van der Waals surface area contributed by atoms with E-state index in [9.17, 15) is 19.8 Å². The van der Waals surface area contributed by atoms with Crippen molar-refractivity contribution in [3.05, 3.63) is 47.0 Å². The summed E-state index contributed by atoms with van der Waals surface area (Å²) in [7, 11) is 1.44. The van der Waals surface area contributed by atoms with Gasteiger partial charge in [-0.2, -0.15) is 0 Å². The molecule has 6 nitrogen and oxygen atoms in total. The van der Waals surface area contributed by atoms with E-state index in [4.69, 9.17) is 9.47 Å². The number of ether oxygens (including phenoxy) is 2. The van der Waals surface area contributed by atoms with E-state index in [1.165, 1.54) is 32.2 Å². The van der Waals surface area contributed by atoms with Crippen LogP contribution >= 0.6 is 0 Å². The normalized spacial score (nSPS) is 16.2. The van der Waals surface area contributed by atoms with Crippen molar-refractivity contribution >= 4 is 11.8 Å². The van der Waals surface area contributed by atoms with E-state index in [2.05, 4.69) is 0 Å². The van der Waals surface area contributed by atoms with Gasteiger partial charge in [-0.25, -0.2) is 0 Å². The van der Waals surface area contributed by atoms with Crippen molar-refractivity contribution < 1.29 is 29.3 Å². The van der Waals surface area contributed by atoms with Crippen molar-refractivity contribution in [2.45, 2.75) is 19.3 Å². The van der Waals surface area contributed by atoms with Gasteiger partial charge in [-0.05, 0) is 36.8 Å². The molecule has 0 radical (unpaired) electrons. The van der Waals surface area contributed by atoms with E-state index in [1.807, 2.05) is 0 Å². The van der Waals surface area contributed by atoms with Gasteiger partial charge in [0.05, 0.1) is 19.1 Å². The Hall–Kier alpha value is -3.02. The highest BCUT2D eigenvalue weighted by atomic mass is 16.5. The molecule has 124 valence electrons. The predicted octanol–water partition coefficient (Wildman–Crippen LogP) is 2.75. The van der Waals surface area contributed by atoms with Crippen molar-refractivity contribution in [3.63, 3.8) is 0 Å². The number of Topliss-reactive ketones (excluding diaryl/α,β-unsaturated/α-hetero) is 1. The Balaban J connectivity index is 2.17. The van der Waals surface area contributed by atoms with Crippen LogP contribution in [0.5, 0.6) is 23.0 Å². The maximum absolute atomic E-state index is 11.9.